The molecule has 0 saturated carbocycles. The predicted molar refractivity (Wildman–Crippen MR) is 144 cm³/mol. The van der Waals surface area contributed by atoms with Gasteiger partial charge in [-0.25, -0.2) is 4.79 Å². The van der Waals surface area contributed by atoms with E-state index in [1.807, 2.05) is 12.1 Å². The molecule has 0 aromatic heterocycles. The minimum absolute atomic E-state index is 0.113. The Bertz CT molecular complexity index is 1460. The van der Waals surface area contributed by atoms with E-state index in [1.54, 1.807) is 73.8 Å². The van der Waals surface area contributed by atoms with Crippen LogP contribution in [0.2, 0.25) is 5.02 Å². The van der Waals surface area contributed by atoms with Crippen molar-refractivity contribution in [2.75, 3.05) is 18.6 Å². The Kier molecular flexibility index (Phi) is 7.14. The van der Waals surface area contributed by atoms with Crippen molar-refractivity contribution in [2.24, 2.45) is 0 Å². The standard InChI is InChI=1S/C30H24ClF3N2O3/c1-38-25-11-5-20(6-12-25)18-29(21-3-2-4-22(17-21)30(32,33)34)19-35-28(37)36(29)24-9-15-27(16-10-24)39-26-13-7-23(31)8-14-26/h2-17H,18-19H2,1H3,(H,35,37)/t29-/m1/s1. The number of nitrogens with zero attached hydrogens (tertiary/aromatic N) is 1. The molecule has 0 aliphatic carbocycles. The molecule has 2 amide bonds. The number of hydrogen-bond donors (Lipinski definition) is 1. The highest BCUT2D eigenvalue weighted by Crippen LogP contribution is 2.42. The SMILES string of the molecule is COc1ccc(C[C@]2(c3cccc(C(F)(F)F)c3)CNC(=O)N2c2ccc(Oc3ccc(Cl)cc3)cc2)cc1. The maximum atomic E-state index is 13.7. The Labute approximate surface area is 228 Å². The summed E-state index contributed by atoms with van der Waals surface area (Å²) in [5.41, 5.74) is -0.198. The largest absolute Gasteiger partial charge is 0.497 e. The molecule has 200 valence electrons. The fourth-order valence-electron chi connectivity index (χ4n) is 4.78. The summed E-state index contributed by atoms with van der Waals surface area (Å²) in [5.74, 6) is 1.77. The molecule has 39 heavy (non-hydrogen) atoms. The van der Waals surface area contributed by atoms with Crippen molar-refractivity contribution in [3.63, 3.8) is 0 Å². The number of rotatable bonds is 7. The molecule has 4 aromatic carbocycles. The molecule has 0 unspecified atom stereocenters. The zero-order chi connectivity index (χ0) is 27.6. The van der Waals surface area contributed by atoms with Gasteiger partial charge in [-0.2, -0.15) is 13.2 Å². The molecular formula is C30H24ClF3N2O3. The molecule has 5 rings (SSSR count). The third kappa shape index (κ3) is 5.52. The average Bonchev–Trinajstić information content (AvgIpc) is 3.27. The lowest BCUT2D eigenvalue weighted by Gasteiger charge is -2.38. The molecule has 0 spiro atoms. The maximum Gasteiger partial charge on any atom is 0.416 e. The first-order valence-corrected chi connectivity index (χ1v) is 12.5. The fourth-order valence-corrected chi connectivity index (χ4v) is 4.91. The van der Waals surface area contributed by atoms with E-state index >= 15 is 0 Å². The second-order valence-electron chi connectivity index (χ2n) is 9.18. The number of alkyl halides is 3. The topological polar surface area (TPSA) is 50.8 Å². The van der Waals surface area contributed by atoms with E-state index in [0.717, 1.165) is 17.7 Å². The van der Waals surface area contributed by atoms with Gasteiger partial charge in [-0.1, -0.05) is 35.9 Å². The fraction of sp³-hybridized carbons (Fsp3) is 0.167. The van der Waals surface area contributed by atoms with Gasteiger partial charge in [-0.05, 0) is 83.9 Å². The van der Waals surface area contributed by atoms with Gasteiger partial charge in [0.1, 0.15) is 17.2 Å². The van der Waals surface area contributed by atoms with Crippen LogP contribution in [-0.2, 0) is 18.1 Å². The molecule has 1 fully saturated rings. The Morgan fingerprint density at radius 2 is 1.51 bits per heavy atom. The van der Waals surface area contributed by atoms with Gasteiger partial charge in [0.05, 0.1) is 18.2 Å². The summed E-state index contributed by atoms with van der Waals surface area (Å²) >= 11 is 5.94. The third-order valence-corrected chi connectivity index (χ3v) is 6.94. The number of urea groups is 1. The van der Waals surface area contributed by atoms with E-state index in [1.165, 1.54) is 11.0 Å². The number of ether oxygens (including phenoxy) is 2. The van der Waals surface area contributed by atoms with E-state index in [2.05, 4.69) is 5.32 Å². The molecule has 0 bridgehead atoms. The molecule has 1 aliphatic heterocycles. The van der Waals surface area contributed by atoms with E-state index in [0.29, 0.717) is 33.5 Å². The summed E-state index contributed by atoms with van der Waals surface area (Å²) in [6.07, 6.45) is -4.26. The van der Waals surface area contributed by atoms with Crippen LogP contribution in [0, 0.1) is 0 Å². The van der Waals surface area contributed by atoms with Crippen LogP contribution in [-0.4, -0.2) is 19.7 Å². The Hall–Kier alpha value is -4.17. The van der Waals surface area contributed by atoms with Crippen LogP contribution in [0.4, 0.5) is 23.7 Å². The van der Waals surface area contributed by atoms with Crippen LogP contribution < -0.4 is 19.7 Å². The summed E-state index contributed by atoms with van der Waals surface area (Å²) in [5, 5.41) is 3.44. The second kappa shape index (κ2) is 10.5. The Balaban J connectivity index is 1.55. The molecule has 0 radical (unpaired) electrons. The third-order valence-electron chi connectivity index (χ3n) is 6.69. The van der Waals surface area contributed by atoms with Crippen molar-refractivity contribution < 1.29 is 27.4 Å². The summed E-state index contributed by atoms with van der Waals surface area (Å²) in [4.78, 5) is 14.8. The van der Waals surface area contributed by atoms with Crippen molar-refractivity contribution in [1.82, 2.24) is 5.32 Å². The summed E-state index contributed by atoms with van der Waals surface area (Å²) in [6.45, 7) is 0.113. The molecule has 1 atom stereocenters. The van der Waals surface area contributed by atoms with Crippen LogP contribution in [0.1, 0.15) is 16.7 Å². The number of carbonyl (C=O) groups excluding carboxylic acids is 1. The summed E-state index contributed by atoms with van der Waals surface area (Å²) < 4.78 is 52.2. The van der Waals surface area contributed by atoms with Crippen LogP contribution in [0.3, 0.4) is 0 Å². The minimum Gasteiger partial charge on any atom is -0.497 e. The van der Waals surface area contributed by atoms with Crippen molar-refractivity contribution in [2.45, 2.75) is 18.1 Å². The van der Waals surface area contributed by atoms with Crippen molar-refractivity contribution in [3.8, 4) is 17.2 Å². The first-order valence-electron chi connectivity index (χ1n) is 12.1. The van der Waals surface area contributed by atoms with E-state index < -0.39 is 23.3 Å². The van der Waals surface area contributed by atoms with Gasteiger partial charge in [-0.3, -0.25) is 4.90 Å². The lowest BCUT2D eigenvalue weighted by molar-refractivity contribution is -0.137. The lowest BCUT2D eigenvalue weighted by atomic mass is 9.82. The highest BCUT2D eigenvalue weighted by Gasteiger charge is 2.48. The second-order valence-corrected chi connectivity index (χ2v) is 9.62. The van der Waals surface area contributed by atoms with Gasteiger partial charge in [0.15, 0.2) is 0 Å². The minimum atomic E-state index is -4.53. The lowest BCUT2D eigenvalue weighted by Crippen LogP contribution is -2.47. The zero-order valence-electron chi connectivity index (χ0n) is 20.8. The number of benzene rings is 4. The predicted octanol–water partition coefficient (Wildman–Crippen LogP) is 7.83. The maximum absolute atomic E-state index is 13.7. The van der Waals surface area contributed by atoms with Gasteiger partial charge >= 0.3 is 12.2 Å². The van der Waals surface area contributed by atoms with Gasteiger partial charge < -0.3 is 14.8 Å². The number of amides is 2. The normalized spacial score (nSPS) is 17.2. The molecule has 1 N–H and O–H groups in total. The highest BCUT2D eigenvalue weighted by molar-refractivity contribution is 6.30. The van der Waals surface area contributed by atoms with Crippen molar-refractivity contribution in [1.29, 1.82) is 0 Å². The van der Waals surface area contributed by atoms with E-state index in [-0.39, 0.29) is 13.0 Å². The number of anilines is 1. The molecule has 9 heteroatoms. The van der Waals surface area contributed by atoms with Crippen LogP contribution in [0.5, 0.6) is 17.2 Å². The highest BCUT2D eigenvalue weighted by atomic mass is 35.5. The quantitative estimate of drug-likeness (QED) is 0.254. The van der Waals surface area contributed by atoms with E-state index in [9.17, 15) is 18.0 Å². The Morgan fingerprint density at radius 1 is 0.897 bits per heavy atom. The van der Waals surface area contributed by atoms with Gasteiger partial charge in [0.2, 0.25) is 0 Å². The van der Waals surface area contributed by atoms with Gasteiger partial charge in [0.25, 0.3) is 0 Å². The molecule has 4 aromatic rings. The number of halogens is 4. The molecule has 1 aliphatic rings. The number of methoxy groups -OCH3 is 1. The van der Waals surface area contributed by atoms with Crippen LogP contribution in [0.15, 0.2) is 97.1 Å². The number of hydrogen-bond acceptors (Lipinski definition) is 3. The average molecular weight is 553 g/mol. The number of carbonyl (C=O) groups is 1. The van der Waals surface area contributed by atoms with Crippen molar-refractivity contribution >= 4 is 23.3 Å². The molecular weight excluding hydrogens is 529 g/mol. The van der Waals surface area contributed by atoms with Crippen LogP contribution >= 0.6 is 11.6 Å². The molecule has 1 heterocycles. The first kappa shape index (κ1) is 26.4. The smallest absolute Gasteiger partial charge is 0.416 e. The van der Waals surface area contributed by atoms with Gasteiger partial charge in [-0.15, -0.1) is 0 Å². The van der Waals surface area contributed by atoms with Gasteiger partial charge in [0, 0.05) is 23.7 Å². The monoisotopic (exact) mass is 552 g/mol. The molecule has 5 nitrogen and oxygen atoms in total. The Morgan fingerprint density at radius 3 is 2.13 bits per heavy atom. The zero-order valence-corrected chi connectivity index (χ0v) is 21.6. The van der Waals surface area contributed by atoms with Crippen molar-refractivity contribution in [3.05, 3.63) is 119 Å². The van der Waals surface area contributed by atoms with Crippen LogP contribution in [0.25, 0.3) is 0 Å². The first-order chi connectivity index (χ1) is 18.7. The molecule has 1 saturated heterocycles. The summed E-state index contributed by atoms with van der Waals surface area (Å²) in [6, 6.07) is 25.7. The number of nitrogens with one attached hydrogen (secondary N) is 1. The van der Waals surface area contributed by atoms with E-state index in [4.69, 9.17) is 21.1 Å². The summed E-state index contributed by atoms with van der Waals surface area (Å²) in [7, 11) is 1.56.